The molecule has 0 aliphatic rings. The Bertz CT molecular complexity index is 603. The zero-order chi connectivity index (χ0) is 13.8. The van der Waals surface area contributed by atoms with Crippen LogP contribution < -0.4 is 11.1 Å². The van der Waals surface area contributed by atoms with Crippen LogP contribution in [-0.2, 0) is 13.6 Å². The van der Waals surface area contributed by atoms with Gasteiger partial charge in [-0.15, -0.1) is 24.0 Å². The van der Waals surface area contributed by atoms with Crippen molar-refractivity contribution in [3.63, 3.8) is 0 Å². The minimum atomic E-state index is 0. The van der Waals surface area contributed by atoms with Crippen molar-refractivity contribution in [2.45, 2.75) is 20.4 Å². The van der Waals surface area contributed by atoms with E-state index >= 15 is 0 Å². The molecule has 2 rings (SSSR count). The van der Waals surface area contributed by atoms with Crippen LogP contribution in [0.15, 0.2) is 35.7 Å². The van der Waals surface area contributed by atoms with Crippen LogP contribution in [0.4, 0.5) is 5.69 Å². The maximum atomic E-state index is 5.87. The number of nitrogens with zero attached hydrogens (tertiary/aromatic N) is 3. The van der Waals surface area contributed by atoms with E-state index in [1.807, 2.05) is 17.7 Å². The predicted octanol–water partition coefficient (Wildman–Crippen LogP) is 2.58. The third kappa shape index (κ3) is 4.22. The second-order valence-electron chi connectivity index (χ2n) is 4.62. The van der Waals surface area contributed by atoms with Gasteiger partial charge in [-0.3, -0.25) is 0 Å². The number of aromatic nitrogens is 2. The average molecular weight is 385 g/mol. The van der Waals surface area contributed by atoms with E-state index in [1.165, 1.54) is 11.1 Å². The van der Waals surface area contributed by atoms with Crippen LogP contribution >= 0.6 is 24.0 Å². The Kier molecular flexibility index (Phi) is 6.00. The van der Waals surface area contributed by atoms with Gasteiger partial charge in [0, 0.05) is 12.7 Å². The summed E-state index contributed by atoms with van der Waals surface area (Å²) in [4.78, 5) is 8.33. The molecule has 0 spiro atoms. The van der Waals surface area contributed by atoms with Crippen LogP contribution in [-0.4, -0.2) is 15.5 Å². The lowest BCUT2D eigenvalue weighted by Crippen LogP contribution is -2.22. The Morgan fingerprint density at radius 2 is 2.10 bits per heavy atom. The van der Waals surface area contributed by atoms with Crippen molar-refractivity contribution in [1.29, 1.82) is 0 Å². The highest BCUT2D eigenvalue weighted by Gasteiger charge is 2.00. The van der Waals surface area contributed by atoms with Gasteiger partial charge in [0.15, 0.2) is 5.96 Å². The number of halogens is 1. The molecule has 0 saturated carbocycles. The largest absolute Gasteiger partial charge is 0.370 e. The molecule has 0 bridgehead atoms. The van der Waals surface area contributed by atoms with E-state index in [2.05, 4.69) is 41.3 Å². The van der Waals surface area contributed by atoms with E-state index in [9.17, 15) is 0 Å². The van der Waals surface area contributed by atoms with Crippen LogP contribution in [0.2, 0.25) is 0 Å². The second-order valence-corrected chi connectivity index (χ2v) is 4.62. The van der Waals surface area contributed by atoms with Gasteiger partial charge in [0.05, 0.1) is 24.8 Å². The van der Waals surface area contributed by atoms with Gasteiger partial charge in [0.1, 0.15) is 0 Å². The number of guanidine groups is 1. The third-order valence-corrected chi connectivity index (χ3v) is 3.11. The highest BCUT2D eigenvalue weighted by Crippen LogP contribution is 2.13. The maximum absolute atomic E-state index is 5.87. The Morgan fingerprint density at radius 3 is 2.70 bits per heavy atom. The Balaban J connectivity index is 0.00000200. The van der Waals surface area contributed by atoms with E-state index in [0.29, 0.717) is 12.5 Å². The van der Waals surface area contributed by atoms with Crippen molar-refractivity contribution in [3.05, 3.63) is 47.5 Å². The molecule has 0 amide bonds. The number of aliphatic imine (C=N–C) groups is 1. The molecule has 5 nitrogen and oxygen atoms in total. The van der Waals surface area contributed by atoms with Crippen molar-refractivity contribution >= 4 is 35.6 Å². The minimum Gasteiger partial charge on any atom is -0.370 e. The van der Waals surface area contributed by atoms with E-state index in [4.69, 9.17) is 5.73 Å². The molecule has 108 valence electrons. The first-order valence-electron chi connectivity index (χ1n) is 6.15. The molecular weight excluding hydrogens is 365 g/mol. The molecular formula is C14H20IN5. The summed E-state index contributed by atoms with van der Waals surface area (Å²) < 4.78 is 1.92. The molecule has 0 radical (unpaired) electrons. The molecule has 0 fully saturated rings. The predicted molar refractivity (Wildman–Crippen MR) is 93.5 cm³/mol. The SMILES string of the molecule is Cc1ccc(NC(N)=NCc2cncn2C)cc1C.I. The lowest BCUT2D eigenvalue weighted by atomic mass is 10.1. The van der Waals surface area contributed by atoms with E-state index in [0.717, 1.165) is 11.4 Å². The number of nitrogens with two attached hydrogens (primary N) is 1. The molecule has 0 aliphatic heterocycles. The topological polar surface area (TPSA) is 68.2 Å². The van der Waals surface area contributed by atoms with Crippen molar-refractivity contribution in [2.24, 2.45) is 17.8 Å². The van der Waals surface area contributed by atoms with Crippen LogP contribution in [0.5, 0.6) is 0 Å². The number of imidazole rings is 1. The van der Waals surface area contributed by atoms with Gasteiger partial charge in [-0.05, 0) is 37.1 Å². The van der Waals surface area contributed by atoms with Gasteiger partial charge in [0.25, 0.3) is 0 Å². The number of nitrogens with one attached hydrogen (secondary N) is 1. The summed E-state index contributed by atoms with van der Waals surface area (Å²) in [6.07, 6.45) is 3.53. The van der Waals surface area contributed by atoms with Gasteiger partial charge < -0.3 is 15.6 Å². The van der Waals surface area contributed by atoms with E-state index in [-0.39, 0.29) is 24.0 Å². The fourth-order valence-electron chi connectivity index (χ4n) is 1.71. The Labute approximate surface area is 136 Å². The van der Waals surface area contributed by atoms with Gasteiger partial charge in [-0.2, -0.15) is 0 Å². The molecule has 2 aromatic rings. The maximum Gasteiger partial charge on any atom is 0.193 e. The highest BCUT2D eigenvalue weighted by atomic mass is 127. The smallest absolute Gasteiger partial charge is 0.193 e. The summed E-state index contributed by atoms with van der Waals surface area (Å²) >= 11 is 0. The van der Waals surface area contributed by atoms with Crippen LogP contribution in [0.1, 0.15) is 16.8 Å². The van der Waals surface area contributed by atoms with Crippen molar-refractivity contribution < 1.29 is 0 Å². The number of aryl methyl sites for hydroxylation is 3. The van der Waals surface area contributed by atoms with Gasteiger partial charge in [-0.25, -0.2) is 9.98 Å². The number of rotatable bonds is 3. The van der Waals surface area contributed by atoms with Crippen LogP contribution in [0.25, 0.3) is 0 Å². The lowest BCUT2D eigenvalue weighted by molar-refractivity contribution is 0.820. The summed E-state index contributed by atoms with van der Waals surface area (Å²) in [6.45, 7) is 4.67. The molecule has 6 heteroatoms. The highest BCUT2D eigenvalue weighted by molar-refractivity contribution is 14.0. The minimum absolute atomic E-state index is 0. The molecule has 3 N–H and O–H groups in total. The molecule has 1 aromatic heterocycles. The molecule has 1 heterocycles. The molecule has 0 atom stereocenters. The van der Waals surface area contributed by atoms with Crippen LogP contribution in [0, 0.1) is 13.8 Å². The van der Waals surface area contributed by atoms with Gasteiger partial charge in [0.2, 0.25) is 0 Å². The monoisotopic (exact) mass is 385 g/mol. The standard InChI is InChI=1S/C14H19N5.HI/c1-10-4-5-12(6-11(10)2)18-14(15)17-8-13-7-16-9-19(13)3;/h4-7,9H,8H2,1-3H3,(H3,15,17,18);1H. The normalized spacial score (nSPS) is 11.1. The van der Waals surface area contributed by atoms with Crippen LogP contribution in [0.3, 0.4) is 0 Å². The number of benzene rings is 1. The Morgan fingerprint density at radius 1 is 1.35 bits per heavy atom. The molecule has 0 aliphatic carbocycles. The summed E-state index contributed by atoms with van der Waals surface area (Å²) in [6, 6.07) is 6.11. The average Bonchev–Trinajstić information content (AvgIpc) is 2.77. The fraction of sp³-hybridized carbons (Fsp3) is 0.286. The molecule has 0 saturated heterocycles. The summed E-state index contributed by atoms with van der Waals surface area (Å²) in [5.41, 5.74) is 10.3. The van der Waals surface area contributed by atoms with Gasteiger partial charge >= 0.3 is 0 Å². The third-order valence-electron chi connectivity index (χ3n) is 3.11. The Hall–Kier alpha value is -1.57. The lowest BCUT2D eigenvalue weighted by Gasteiger charge is -2.08. The molecule has 0 unspecified atom stereocenters. The number of hydrogen-bond acceptors (Lipinski definition) is 2. The summed E-state index contributed by atoms with van der Waals surface area (Å²) in [5, 5.41) is 3.09. The van der Waals surface area contributed by atoms with Crippen molar-refractivity contribution in [3.8, 4) is 0 Å². The quantitative estimate of drug-likeness (QED) is 0.485. The van der Waals surface area contributed by atoms with E-state index in [1.54, 1.807) is 12.5 Å². The second kappa shape index (κ2) is 7.28. The van der Waals surface area contributed by atoms with E-state index < -0.39 is 0 Å². The number of hydrogen-bond donors (Lipinski definition) is 2. The van der Waals surface area contributed by atoms with Crippen molar-refractivity contribution in [2.75, 3.05) is 5.32 Å². The first-order chi connectivity index (χ1) is 9.06. The van der Waals surface area contributed by atoms with Gasteiger partial charge in [-0.1, -0.05) is 6.07 Å². The summed E-state index contributed by atoms with van der Waals surface area (Å²) in [7, 11) is 1.94. The number of anilines is 1. The first kappa shape index (κ1) is 16.5. The van der Waals surface area contributed by atoms with Crippen molar-refractivity contribution in [1.82, 2.24) is 9.55 Å². The first-order valence-corrected chi connectivity index (χ1v) is 6.15. The summed E-state index contributed by atoms with van der Waals surface area (Å²) in [5.74, 6) is 0.407. The fourth-order valence-corrected chi connectivity index (χ4v) is 1.71. The zero-order valence-electron chi connectivity index (χ0n) is 11.9. The molecule has 1 aromatic carbocycles. The molecule has 20 heavy (non-hydrogen) atoms. The zero-order valence-corrected chi connectivity index (χ0v) is 14.3.